The van der Waals surface area contributed by atoms with Gasteiger partial charge in [0.1, 0.15) is 12.4 Å². The van der Waals surface area contributed by atoms with E-state index < -0.39 is 23.1 Å². The van der Waals surface area contributed by atoms with Crippen LogP contribution in [-0.2, 0) is 31.5 Å². The van der Waals surface area contributed by atoms with Crippen molar-refractivity contribution in [1.29, 1.82) is 0 Å². The van der Waals surface area contributed by atoms with Crippen molar-refractivity contribution in [2.24, 2.45) is 0 Å². The van der Waals surface area contributed by atoms with Crippen LogP contribution in [0.15, 0.2) is 47.4 Å². The molecule has 0 aliphatic carbocycles. The number of aromatic nitrogens is 1. The molecule has 3 aromatic rings. The van der Waals surface area contributed by atoms with Crippen molar-refractivity contribution in [3.05, 3.63) is 75.1 Å². The molecule has 0 amide bonds. The van der Waals surface area contributed by atoms with E-state index in [0.717, 1.165) is 5.56 Å². The first-order valence-electron chi connectivity index (χ1n) is 12.1. The molecule has 0 aliphatic rings. The van der Waals surface area contributed by atoms with Crippen molar-refractivity contribution >= 4 is 29.0 Å². The van der Waals surface area contributed by atoms with Gasteiger partial charge < -0.3 is 23.9 Å². The summed E-state index contributed by atoms with van der Waals surface area (Å²) in [6.07, 6.45) is -0.461. The van der Waals surface area contributed by atoms with E-state index in [1.807, 2.05) is 40.7 Å². The lowest BCUT2D eigenvalue weighted by molar-refractivity contribution is 0.0571. The molecule has 1 heterocycles. The van der Waals surface area contributed by atoms with Crippen molar-refractivity contribution < 1.29 is 33.3 Å². The predicted molar refractivity (Wildman–Crippen MR) is 142 cm³/mol. The van der Waals surface area contributed by atoms with Gasteiger partial charge in [-0.3, -0.25) is 9.59 Å². The molecule has 202 valence electrons. The minimum Gasteiger partial charge on any atom is -0.438 e. The summed E-state index contributed by atoms with van der Waals surface area (Å²) in [6.45, 7) is 9.54. The number of pyridine rings is 1. The third-order valence-corrected chi connectivity index (χ3v) is 6.26. The van der Waals surface area contributed by atoms with E-state index in [2.05, 4.69) is 9.72 Å². The maximum atomic E-state index is 13.4. The van der Waals surface area contributed by atoms with Crippen LogP contribution in [-0.4, -0.2) is 43.9 Å². The number of benzene rings is 2. The zero-order valence-electron chi connectivity index (χ0n) is 22.7. The summed E-state index contributed by atoms with van der Waals surface area (Å²) >= 11 is 0. The number of fused-ring (bicyclic) bond motifs is 1. The zero-order chi connectivity index (χ0) is 28.3. The number of ketones is 1. The number of H-pyrrole nitrogens is 1. The third kappa shape index (κ3) is 6.22. The van der Waals surface area contributed by atoms with Gasteiger partial charge in [0.2, 0.25) is 0 Å². The Kier molecular flexibility index (Phi) is 8.29. The highest BCUT2D eigenvalue weighted by atomic mass is 16.7. The summed E-state index contributed by atoms with van der Waals surface area (Å²) in [6, 6.07) is 10.4. The van der Waals surface area contributed by atoms with Gasteiger partial charge in [0.15, 0.2) is 11.2 Å². The Morgan fingerprint density at radius 2 is 1.55 bits per heavy atom. The number of hydrogen-bond donors (Lipinski definition) is 1. The number of methoxy groups -OCH3 is 2. The number of hydrogen-bond acceptors (Lipinski definition) is 8. The second-order valence-corrected chi connectivity index (χ2v) is 10.6. The molecule has 0 unspecified atom stereocenters. The number of carbonyl (C=O) groups is 3. The summed E-state index contributed by atoms with van der Waals surface area (Å²) in [5.41, 5.74) is 1.04. The Balaban J connectivity index is 2.13. The number of nitrogens with one attached hydrogen (secondary N) is 1. The predicted octanol–water partition coefficient (Wildman–Crippen LogP) is 5.46. The van der Waals surface area contributed by atoms with Gasteiger partial charge in [-0.15, -0.1) is 0 Å². The average Bonchev–Trinajstić information content (AvgIpc) is 2.86. The topological polar surface area (TPSA) is 121 Å². The summed E-state index contributed by atoms with van der Waals surface area (Å²) in [7, 11) is 2.40. The molecule has 0 saturated carbocycles. The molecule has 9 nitrogen and oxygen atoms in total. The Morgan fingerprint density at radius 1 is 0.895 bits per heavy atom. The molecule has 0 aliphatic heterocycles. The lowest BCUT2D eigenvalue weighted by Crippen LogP contribution is -2.29. The van der Waals surface area contributed by atoms with E-state index in [1.165, 1.54) is 20.4 Å². The Labute approximate surface area is 221 Å². The molecule has 0 spiro atoms. The molecule has 0 bridgehead atoms. The van der Waals surface area contributed by atoms with Crippen molar-refractivity contribution in [3.63, 3.8) is 0 Å². The van der Waals surface area contributed by atoms with E-state index in [9.17, 15) is 19.2 Å². The first-order chi connectivity index (χ1) is 17.8. The minimum absolute atomic E-state index is 0.0369. The maximum absolute atomic E-state index is 13.4. The van der Waals surface area contributed by atoms with Crippen LogP contribution in [0.3, 0.4) is 0 Å². The summed E-state index contributed by atoms with van der Waals surface area (Å²) in [5.74, 6) is -0.230. The Hall–Kier alpha value is -4.14. The van der Waals surface area contributed by atoms with Crippen LogP contribution in [0.1, 0.15) is 61.7 Å². The van der Waals surface area contributed by atoms with Gasteiger partial charge in [-0.1, -0.05) is 52.8 Å². The highest BCUT2D eigenvalue weighted by Gasteiger charge is 2.32. The highest BCUT2D eigenvalue weighted by molar-refractivity contribution is 6.00. The van der Waals surface area contributed by atoms with Crippen LogP contribution >= 0.6 is 0 Å². The number of para-hydroxylation sites is 1. The fourth-order valence-corrected chi connectivity index (χ4v) is 4.23. The number of aromatic amines is 1. The fourth-order valence-electron chi connectivity index (χ4n) is 4.23. The molecular formula is C29H33NO8. The molecule has 0 atom stereocenters. The van der Waals surface area contributed by atoms with Crippen molar-refractivity contribution in [2.45, 2.75) is 51.9 Å². The number of Topliss-reactive ketones (excluding diaryl/α,β-unsaturated/α-hetero) is 1. The normalized spacial score (nSPS) is 11.7. The molecule has 0 radical (unpaired) electrons. The second-order valence-electron chi connectivity index (χ2n) is 10.6. The number of rotatable bonds is 7. The molecule has 38 heavy (non-hydrogen) atoms. The van der Waals surface area contributed by atoms with Gasteiger partial charge in [-0.25, -0.2) is 9.59 Å². The van der Waals surface area contributed by atoms with Crippen molar-refractivity contribution in [1.82, 2.24) is 4.98 Å². The molecule has 0 fully saturated rings. The Bertz CT molecular complexity index is 1430. The van der Waals surface area contributed by atoms with E-state index in [-0.39, 0.29) is 35.6 Å². The maximum Gasteiger partial charge on any atom is 0.513 e. The lowest BCUT2D eigenvalue weighted by Gasteiger charge is -2.31. The van der Waals surface area contributed by atoms with E-state index >= 15 is 0 Å². The number of ether oxygens (including phenoxy) is 4. The van der Waals surface area contributed by atoms with Gasteiger partial charge in [-0.05, 0) is 34.7 Å². The second kappa shape index (κ2) is 11.1. The standard InChI is InChI=1S/C29H33NO8/c1-28(2,3)20-14-21(29(4,5)16-37-26(33)35-6)24(38-27(34)36-7)13-17(20)12-23(31)19-15-30-22-11-9-8-10-18(22)25(19)32/h8-11,13-15H,12,16H2,1-7H3,(H,30,32). The zero-order valence-corrected chi connectivity index (χ0v) is 22.7. The first-order valence-corrected chi connectivity index (χ1v) is 12.1. The first kappa shape index (κ1) is 28.4. The molecule has 9 heteroatoms. The monoisotopic (exact) mass is 523 g/mol. The quantitative estimate of drug-likeness (QED) is 0.246. The van der Waals surface area contributed by atoms with Crippen LogP contribution in [0.5, 0.6) is 5.75 Å². The largest absolute Gasteiger partial charge is 0.513 e. The van der Waals surface area contributed by atoms with Gasteiger partial charge >= 0.3 is 12.3 Å². The third-order valence-electron chi connectivity index (χ3n) is 6.26. The molecular weight excluding hydrogens is 490 g/mol. The van der Waals surface area contributed by atoms with Crippen molar-refractivity contribution in [3.8, 4) is 5.75 Å². The van der Waals surface area contributed by atoms with Crippen LogP contribution in [0.4, 0.5) is 9.59 Å². The van der Waals surface area contributed by atoms with Crippen LogP contribution in [0, 0.1) is 0 Å². The summed E-state index contributed by atoms with van der Waals surface area (Å²) in [5, 5.41) is 0.423. The molecule has 1 N–H and O–H groups in total. The van der Waals surface area contributed by atoms with Crippen LogP contribution in [0.2, 0.25) is 0 Å². The average molecular weight is 524 g/mol. The number of carbonyl (C=O) groups excluding carboxylic acids is 3. The smallest absolute Gasteiger partial charge is 0.438 e. The Morgan fingerprint density at radius 3 is 2.18 bits per heavy atom. The molecule has 1 aromatic heterocycles. The van der Waals surface area contributed by atoms with Crippen molar-refractivity contribution in [2.75, 3.05) is 20.8 Å². The van der Waals surface area contributed by atoms with E-state index in [1.54, 1.807) is 30.3 Å². The van der Waals surface area contributed by atoms with Gasteiger partial charge in [0, 0.05) is 34.5 Å². The molecule has 2 aromatic carbocycles. The molecule has 3 rings (SSSR count). The van der Waals surface area contributed by atoms with E-state index in [0.29, 0.717) is 22.0 Å². The van der Waals surface area contributed by atoms with Gasteiger partial charge in [-0.2, -0.15) is 0 Å². The van der Waals surface area contributed by atoms with Crippen LogP contribution < -0.4 is 10.2 Å². The van der Waals surface area contributed by atoms with Gasteiger partial charge in [0.25, 0.3) is 0 Å². The lowest BCUT2D eigenvalue weighted by atomic mass is 9.76. The van der Waals surface area contributed by atoms with Crippen LogP contribution in [0.25, 0.3) is 10.9 Å². The summed E-state index contributed by atoms with van der Waals surface area (Å²) < 4.78 is 20.0. The van der Waals surface area contributed by atoms with Gasteiger partial charge in [0.05, 0.1) is 19.8 Å². The molecule has 0 saturated heterocycles. The SMILES string of the molecule is COC(=O)OCC(C)(C)c1cc(C(C)(C)C)c(CC(=O)c2c[nH]c3ccccc3c2=O)cc1OC(=O)OC. The highest BCUT2D eigenvalue weighted by Crippen LogP contribution is 2.39. The minimum atomic E-state index is -0.942. The fraction of sp³-hybridized carbons (Fsp3) is 0.379. The van der Waals surface area contributed by atoms with E-state index in [4.69, 9.17) is 14.2 Å². The summed E-state index contributed by atoms with van der Waals surface area (Å²) in [4.78, 5) is 53.2.